The SMILES string of the molecule is CCCCCCCCCCCCC(=O)OC[C@H](COP(=O)(O)OC[C@H](O)COP(=O)(O)OC[C@@H](COC(=O)CCCCCCCCCCCCC(C)CC)OC(=O)CCCCCCCCCCCCCCCCC(C)C)OC(=O)CCCCCCCCCCC(C)C. The molecule has 0 saturated heterocycles. The van der Waals surface area contributed by atoms with E-state index < -0.39 is 97.5 Å². The summed E-state index contributed by atoms with van der Waals surface area (Å²) in [6.45, 7) is 11.9. The molecule has 546 valence electrons. The average Bonchev–Trinajstić information content (AvgIpc) is 3.60. The second-order valence-electron chi connectivity index (χ2n) is 27.5. The summed E-state index contributed by atoms with van der Waals surface area (Å²) in [6, 6.07) is 0. The van der Waals surface area contributed by atoms with Gasteiger partial charge in [-0.15, -0.1) is 0 Å². The van der Waals surface area contributed by atoms with Crippen molar-refractivity contribution in [2.45, 2.75) is 388 Å². The molecule has 0 aromatic rings. The van der Waals surface area contributed by atoms with Crippen molar-refractivity contribution >= 4 is 39.5 Å². The molecule has 0 aliphatic rings. The van der Waals surface area contributed by atoms with Gasteiger partial charge >= 0.3 is 39.5 Å². The van der Waals surface area contributed by atoms with Crippen LogP contribution in [0.5, 0.6) is 0 Å². The first-order valence-electron chi connectivity index (χ1n) is 37.9. The van der Waals surface area contributed by atoms with Crippen molar-refractivity contribution in [3.05, 3.63) is 0 Å². The van der Waals surface area contributed by atoms with Crippen LogP contribution in [-0.2, 0) is 65.4 Å². The molecular formula is C73H142O17P2. The molecule has 0 amide bonds. The lowest BCUT2D eigenvalue weighted by atomic mass is 9.99. The number of ether oxygens (including phenoxy) is 4. The number of phosphoric acid groups is 2. The van der Waals surface area contributed by atoms with Gasteiger partial charge in [-0.25, -0.2) is 9.13 Å². The Labute approximate surface area is 562 Å². The minimum Gasteiger partial charge on any atom is -0.462 e. The highest BCUT2D eigenvalue weighted by Gasteiger charge is 2.30. The van der Waals surface area contributed by atoms with Gasteiger partial charge < -0.3 is 33.8 Å². The Hall–Kier alpha value is -1.94. The van der Waals surface area contributed by atoms with Gasteiger partial charge in [-0.2, -0.15) is 0 Å². The van der Waals surface area contributed by atoms with Gasteiger partial charge in [-0.05, 0) is 43.4 Å². The quantitative estimate of drug-likeness (QED) is 0.0222. The van der Waals surface area contributed by atoms with E-state index in [4.69, 9.17) is 37.0 Å². The number of esters is 4. The summed E-state index contributed by atoms with van der Waals surface area (Å²) in [6.07, 6.45) is 48.5. The highest BCUT2D eigenvalue weighted by atomic mass is 31.2. The average molecular weight is 1350 g/mol. The summed E-state index contributed by atoms with van der Waals surface area (Å²) in [4.78, 5) is 72.7. The molecule has 19 heteroatoms. The number of aliphatic hydroxyl groups excluding tert-OH is 1. The number of aliphatic hydroxyl groups is 1. The number of unbranched alkanes of at least 4 members (excludes halogenated alkanes) is 38. The first-order chi connectivity index (χ1) is 44.3. The van der Waals surface area contributed by atoms with Crippen molar-refractivity contribution in [1.82, 2.24) is 0 Å². The Balaban J connectivity index is 5.25. The fourth-order valence-electron chi connectivity index (χ4n) is 11.0. The van der Waals surface area contributed by atoms with Gasteiger partial charge in [-0.1, -0.05) is 318 Å². The van der Waals surface area contributed by atoms with Crippen LogP contribution >= 0.6 is 15.6 Å². The molecule has 6 atom stereocenters. The van der Waals surface area contributed by atoms with Crippen molar-refractivity contribution in [1.29, 1.82) is 0 Å². The second kappa shape index (κ2) is 63.8. The maximum absolute atomic E-state index is 13.1. The zero-order chi connectivity index (χ0) is 68.0. The van der Waals surface area contributed by atoms with Crippen LogP contribution in [0.15, 0.2) is 0 Å². The molecule has 0 aliphatic heterocycles. The van der Waals surface area contributed by atoms with E-state index in [0.29, 0.717) is 25.7 Å². The second-order valence-corrected chi connectivity index (χ2v) is 30.4. The first-order valence-corrected chi connectivity index (χ1v) is 40.9. The molecule has 0 radical (unpaired) electrons. The summed E-state index contributed by atoms with van der Waals surface area (Å²) in [5.41, 5.74) is 0. The van der Waals surface area contributed by atoms with E-state index >= 15 is 0 Å². The third-order valence-corrected chi connectivity index (χ3v) is 19.1. The first kappa shape index (κ1) is 90.1. The zero-order valence-electron chi connectivity index (χ0n) is 60.0. The number of carbonyl (C=O) groups excluding carboxylic acids is 4. The molecule has 17 nitrogen and oxygen atoms in total. The Morgan fingerprint density at radius 1 is 0.315 bits per heavy atom. The number of phosphoric ester groups is 2. The number of hydrogen-bond donors (Lipinski definition) is 3. The molecule has 0 rings (SSSR count). The van der Waals surface area contributed by atoms with E-state index in [0.717, 1.165) is 108 Å². The van der Waals surface area contributed by atoms with Crippen LogP contribution in [0.1, 0.15) is 370 Å². The molecule has 0 aromatic carbocycles. The summed E-state index contributed by atoms with van der Waals surface area (Å²) in [5.74, 6) is 0.200. The number of carbonyl (C=O) groups is 4. The van der Waals surface area contributed by atoms with Crippen LogP contribution in [0.3, 0.4) is 0 Å². The van der Waals surface area contributed by atoms with Crippen LogP contribution in [0.4, 0.5) is 0 Å². The molecule has 92 heavy (non-hydrogen) atoms. The smallest absolute Gasteiger partial charge is 0.462 e. The summed E-state index contributed by atoms with van der Waals surface area (Å²) >= 11 is 0. The van der Waals surface area contributed by atoms with Gasteiger partial charge in [0.2, 0.25) is 0 Å². The van der Waals surface area contributed by atoms with Gasteiger partial charge in [-0.3, -0.25) is 37.3 Å². The van der Waals surface area contributed by atoms with Crippen LogP contribution in [0, 0.1) is 17.8 Å². The third kappa shape index (κ3) is 65.4. The minimum atomic E-state index is -4.96. The lowest BCUT2D eigenvalue weighted by Crippen LogP contribution is -2.30. The summed E-state index contributed by atoms with van der Waals surface area (Å²) in [7, 11) is -9.91. The molecule has 0 fully saturated rings. The Kier molecular flexibility index (Phi) is 62.4. The van der Waals surface area contributed by atoms with Gasteiger partial charge in [0.15, 0.2) is 12.2 Å². The normalized spacial score (nSPS) is 14.4. The monoisotopic (exact) mass is 1350 g/mol. The molecule has 0 heterocycles. The van der Waals surface area contributed by atoms with Gasteiger partial charge in [0, 0.05) is 25.7 Å². The van der Waals surface area contributed by atoms with Crippen molar-refractivity contribution in [3.8, 4) is 0 Å². The molecular weight excluding hydrogens is 1210 g/mol. The lowest BCUT2D eigenvalue weighted by Gasteiger charge is -2.21. The summed E-state index contributed by atoms with van der Waals surface area (Å²) in [5, 5.41) is 10.6. The van der Waals surface area contributed by atoms with E-state index in [1.807, 2.05) is 0 Å². The van der Waals surface area contributed by atoms with Crippen LogP contribution in [0.25, 0.3) is 0 Å². The minimum absolute atomic E-state index is 0.104. The molecule has 0 saturated carbocycles. The van der Waals surface area contributed by atoms with Crippen LogP contribution < -0.4 is 0 Å². The lowest BCUT2D eigenvalue weighted by molar-refractivity contribution is -0.161. The Morgan fingerprint density at radius 3 is 0.826 bits per heavy atom. The van der Waals surface area contributed by atoms with E-state index in [9.17, 15) is 43.2 Å². The molecule has 0 spiro atoms. The van der Waals surface area contributed by atoms with Crippen molar-refractivity contribution in [3.63, 3.8) is 0 Å². The maximum atomic E-state index is 13.1. The van der Waals surface area contributed by atoms with Gasteiger partial charge in [0.25, 0.3) is 0 Å². The van der Waals surface area contributed by atoms with Crippen molar-refractivity contribution in [2.75, 3.05) is 39.6 Å². The zero-order valence-corrected chi connectivity index (χ0v) is 61.8. The largest absolute Gasteiger partial charge is 0.472 e. The van der Waals surface area contributed by atoms with Crippen LogP contribution in [-0.4, -0.2) is 96.7 Å². The molecule has 0 aliphatic carbocycles. The number of rotatable bonds is 71. The maximum Gasteiger partial charge on any atom is 0.472 e. The Morgan fingerprint density at radius 2 is 0.554 bits per heavy atom. The van der Waals surface area contributed by atoms with Gasteiger partial charge in [0.05, 0.1) is 26.4 Å². The Bertz CT molecular complexity index is 1800. The fraction of sp³-hybridized carbons (Fsp3) is 0.945. The fourth-order valence-corrected chi connectivity index (χ4v) is 12.6. The van der Waals surface area contributed by atoms with Crippen LogP contribution in [0.2, 0.25) is 0 Å². The molecule has 0 aromatic heterocycles. The standard InChI is InChI=1S/C73H142O17P2/c1-8-10-11-12-13-14-25-33-40-47-54-70(75)83-61-69(90-73(78)57-50-43-36-29-28-31-38-45-52-65(5)6)63-88-92(81,82)86-59-67(74)58-85-91(79,80)87-62-68(60-84-71(76)55-48-41-34-26-22-21-24-32-39-46-53-66(7)9-2)89-72(77)56-49-42-35-27-20-18-16-15-17-19-23-30-37-44-51-64(3)4/h64-69,74H,8-63H2,1-7H3,(H,79,80)(H,81,82)/t66?,67-,68-,69-/m1/s1. The van der Waals surface area contributed by atoms with E-state index in [1.54, 1.807) is 0 Å². The number of hydrogen-bond acceptors (Lipinski definition) is 15. The topological polar surface area (TPSA) is 237 Å². The predicted octanol–water partition coefficient (Wildman–Crippen LogP) is 21.0. The summed E-state index contributed by atoms with van der Waals surface area (Å²) < 4.78 is 68.4. The van der Waals surface area contributed by atoms with E-state index in [1.165, 1.54) is 180 Å². The van der Waals surface area contributed by atoms with Crippen molar-refractivity contribution < 1.29 is 80.2 Å². The third-order valence-electron chi connectivity index (χ3n) is 17.2. The predicted molar refractivity (Wildman–Crippen MR) is 372 cm³/mol. The molecule has 3 unspecified atom stereocenters. The highest BCUT2D eigenvalue weighted by Crippen LogP contribution is 2.45. The van der Waals surface area contributed by atoms with E-state index in [2.05, 4.69) is 48.5 Å². The van der Waals surface area contributed by atoms with E-state index in [-0.39, 0.29) is 25.7 Å². The highest BCUT2D eigenvalue weighted by molar-refractivity contribution is 7.47. The molecule has 0 bridgehead atoms. The van der Waals surface area contributed by atoms with Gasteiger partial charge in [0.1, 0.15) is 19.3 Å². The molecule has 3 N–H and O–H groups in total. The van der Waals surface area contributed by atoms with Crippen molar-refractivity contribution in [2.24, 2.45) is 17.8 Å².